The predicted octanol–water partition coefficient (Wildman–Crippen LogP) is 2.91. The lowest BCUT2D eigenvalue weighted by molar-refractivity contribution is 0.597. The largest absolute Gasteiger partial charge is 0.255 e. The lowest BCUT2D eigenvalue weighted by atomic mass is 9.97. The zero-order valence-corrected chi connectivity index (χ0v) is 13.0. The van der Waals surface area contributed by atoms with Gasteiger partial charge in [0.05, 0.1) is 5.69 Å². The predicted molar refractivity (Wildman–Crippen MR) is 87.4 cm³/mol. The van der Waals surface area contributed by atoms with E-state index < -0.39 is 10.0 Å². The first-order valence-corrected chi connectivity index (χ1v) is 8.47. The molecule has 0 aliphatic heterocycles. The van der Waals surface area contributed by atoms with E-state index in [0.29, 0.717) is 0 Å². The Bertz CT molecular complexity index is 862. The summed E-state index contributed by atoms with van der Waals surface area (Å²) in [5.41, 5.74) is 5.23. The Labute approximate surface area is 130 Å². The van der Waals surface area contributed by atoms with E-state index in [2.05, 4.69) is 48.3 Å². The van der Waals surface area contributed by atoms with Crippen LogP contribution in [0.25, 0.3) is 11.1 Å². The van der Waals surface area contributed by atoms with Crippen LogP contribution in [0.1, 0.15) is 23.2 Å². The van der Waals surface area contributed by atoms with Crippen LogP contribution in [0.4, 0.5) is 0 Å². The van der Waals surface area contributed by atoms with Crippen molar-refractivity contribution in [2.45, 2.75) is 18.2 Å². The van der Waals surface area contributed by atoms with Gasteiger partial charge in [0.1, 0.15) is 4.90 Å². The maximum atomic E-state index is 11.3. The van der Waals surface area contributed by atoms with Crippen LogP contribution in [-0.2, 0) is 10.0 Å². The van der Waals surface area contributed by atoms with Gasteiger partial charge in [-0.2, -0.15) is 0 Å². The van der Waals surface area contributed by atoms with E-state index in [9.17, 15) is 8.42 Å². The molecule has 1 aromatic carbocycles. The molecular formula is C17H16N2O2S. The standard InChI is InChI=1S/C17H16N2O2S/c1-12-5-7-13(8-6-12)15-3-2-4-16(15)17-10-9-14(11-19-17)22(18,20)21/h3-11H,2H2,1H3,(H2,18,20,21). The number of sulfonamides is 1. The van der Waals surface area contributed by atoms with Gasteiger partial charge in [0.2, 0.25) is 10.0 Å². The molecule has 0 saturated carbocycles. The topological polar surface area (TPSA) is 73.1 Å². The van der Waals surface area contributed by atoms with Gasteiger partial charge in [-0.25, -0.2) is 13.6 Å². The fourth-order valence-electron chi connectivity index (χ4n) is 2.47. The molecule has 5 heteroatoms. The van der Waals surface area contributed by atoms with Crippen molar-refractivity contribution < 1.29 is 8.42 Å². The molecule has 0 unspecified atom stereocenters. The smallest absolute Gasteiger partial charge is 0.239 e. The van der Waals surface area contributed by atoms with Gasteiger partial charge in [0.25, 0.3) is 0 Å². The van der Waals surface area contributed by atoms with Crippen LogP contribution < -0.4 is 5.14 Å². The lowest BCUT2D eigenvalue weighted by Gasteiger charge is -2.09. The highest BCUT2D eigenvalue weighted by Crippen LogP contribution is 2.35. The monoisotopic (exact) mass is 312 g/mol. The summed E-state index contributed by atoms with van der Waals surface area (Å²) in [6.45, 7) is 2.05. The fourth-order valence-corrected chi connectivity index (χ4v) is 2.93. The number of primary sulfonamides is 1. The minimum absolute atomic E-state index is 0.0238. The maximum Gasteiger partial charge on any atom is 0.239 e. The van der Waals surface area contributed by atoms with Crippen LogP contribution >= 0.6 is 0 Å². The second kappa shape index (κ2) is 5.51. The third-order valence-electron chi connectivity index (χ3n) is 3.64. The molecule has 1 heterocycles. The molecule has 0 fully saturated rings. The van der Waals surface area contributed by atoms with Gasteiger partial charge in [-0.3, -0.25) is 4.98 Å². The number of allylic oxidation sites excluding steroid dienone is 4. The van der Waals surface area contributed by atoms with Crippen molar-refractivity contribution in [3.05, 3.63) is 71.6 Å². The van der Waals surface area contributed by atoms with E-state index in [1.807, 2.05) is 0 Å². The molecule has 2 N–H and O–H groups in total. The summed E-state index contributed by atoms with van der Waals surface area (Å²) >= 11 is 0. The Balaban J connectivity index is 1.95. The lowest BCUT2D eigenvalue weighted by Crippen LogP contribution is -2.12. The second-order valence-corrected chi connectivity index (χ2v) is 6.82. The number of aryl methyl sites for hydroxylation is 1. The normalized spacial score (nSPS) is 14.6. The molecule has 1 aliphatic carbocycles. The van der Waals surface area contributed by atoms with E-state index in [-0.39, 0.29) is 4.90 Å². The van der Waals surface area contributed by atoms with Crippen LogP contribution in [0.2, 0.25) is 0 Å². The zero-order chi connectivity index (χ0) is 15.7. The van der Waals surface area contributed by atoms with Crippen molar-refractivity contribution in [2.24, 2.45) is 5.14 Å². The molecular weight excluding hydrogens is 296 g/mol. The molecule has 0 amide bonds. The van der Waals surface area contributed by atoms with Gasteiger partial charge in [-0.05, 0) is 36.6 Å². The molecule has 1 aliphatic rings. The first kappa shape index (κ1) is 14.7. The molecule has 112 valence electrons. The number of nitrogens with zero attached hydrogens (tertiary/aromatic N) is 1. The van der Waals surface area contributed by atoms with E-state index >= 15 is 0 Å². The number of aromatic nitrogens is 1. The van der Waals surface area contributed by atoms with Crippen LogP contribution in [-0.4, -0.2) is 13.4 Å². The highest BCUT2D eigenvalue weighted by atomic mass is 32.2. The second-order valence-electron chi connectivity index (χ2n) is 5.26. The summed E-state index contributed by atoms with van der Waals surface area (Å²) in [7, 11) is -3.71. The average molecular weight is 312 g/mol. The van der Waals surface area contributed by atoms with Crippen LogP contribution in [0.15, 0.2) is 59.6 Å². The molecule has 1 aromatic heterocycles. The van der Waals surface area contributed by atoms with Crippen molar-refractivity contribution in [1.82, 2.24) is 4.98 Å². The van der Waals surface area contributed by atoms with Crippen molar-refractivity contribution in [2.75, 3.05) is 0 Å². The summed E-state index contributed by atoms with van der Waals surface area (Å²) in [5.74, 6) is 0. The third kappa shape index (κ3) is 2.86. The Morgan fingerprint density at radius 3 is 2.27 bits per heavy atom. The zero-order valence-electron chi connectivity index (χ0n) is 12.2. The van der Waals surface area contributed by atoms with Gasteiger partial charge >= 0.3 is 0 Å². The Hall–Kier alpha value is -2.24. The van der Waals surface area contributed by atoms with E-state index in [4.69, 9.17) is 5.14 Å². The van der Waals surface area contributed by atoms with Crippen LogP contribution in [0.3, 0.4) is 0 Å². The van der Waals surface area contributed by atoms with E-state index in [1.54, 1.807) is 6.07 Å². The summed E-state index contributed by atoms with van der Waals surface area (Å²) in [6, 6.07) is 11.5. The summed E-state index contributed by atoms with van der Waals surface area (Å²) in [4.78, 5) is 4.28. The van der Waals surface area contributed by atoms with Crippen molar-refractivity contribution >= 4 is 21.2 Å². The van der Waals surface area contributed by atoms with Crippen molar-refractivity contribution in [3.63, 3.8) is 0 Å². The first-order valence-electron chi connectivity index (χ1n) is 6.92. The van der Waals surface area contributed by atoms with E-state index in [0.717, 1.165) is 28.8 Å². The highest BCUT2D eigenvalue weighted by Gasteiger charge is 2.16. The van der Waals surface area contributed by atoms with Gasteiger partial charge in [-0.1, -0.05) is 42.0 Å². The molecule has 3 rings (SSSR count). The average Bonchev–Trinajstić information content (AvgIpc) is 2.97. The summed E-state index contributed by atoms with van der Waals surface area (Å²) in [5, 5.41) is 5.10. The minimum Gasteiger partial charge on any atom is -0.255 e. The maximum absolute atomic E-state index is 11.3. The van der Waals surface area contributed by atoms with Crippen molar-refractivity contribution in [3.8, 4) is 0 Å². The number of hydrogen-bond donors (Lipinski definition) is 1. The Morgan fingerprint density at radius 1 is 1.00 bits per heavy atom. The SMILES string of the molecule is Cc1ccc(C2=CCC=C2c2ccc(S(N)(=O)=O)cn2)cc1. The van der Waals surface area contributed by atoms with Gasteiger partial charge < -0.3 is 0 Å². The quantitative estimate of drug-likeness (QED) is 0.947. The molecule has 0 spiro atoms. The van der Waals surface area contributed by atoms with Crippen molar-refractivity contribution in [1.29, 1.82) is 0 Å². The number of nitrogens with two attached hydrogens (primary N) is 1. The molecule has 2 aromatic rings. The Morgan fingerprint density at radius 2 is 1.68 bits per heavy atom. The third-order valence-corrected chi connectivity index (χ3v) is 4.54. The Kier molecular flexibility index (Phi) is 3.68. The molecule has 0 atom stereocenters. The number of benzene rings is 1. The number of hydrogen-bond acceptors (Lipinski definition) is 3. The van der Waals surface area contributed by atoms with Gasteiger partial charge in [-0.15, -0.1) is 0 Å². The molecule has 0 saturated heterocycles. The minimum atomic E-state index is -3.71. The molecule has 0 radical (unpaired) electrons. The van der Waals surface area contributed by atoms with Crippen LogP contribution in [0, 0.1) is 6.92 Å². The van der Waals surface area contributed by atoms with Crippen LogP contribution in [0.5, 0.6) is 0 Å². The number of rotatable bonds is 3. The van der Waals surface area contributed by atoms with E-state index in [1.165, 1.54) is 17.8 Å². The summed E-state index contributed by atoms with van der Waals surface area (Å²) in [6.07, 6.45) is 6.39. The molecule has 0 bridgehead atoms. The number of pyridine rings is 1. The first-order chi connectivity index (χ1) is 10.4. The molecule has 4 nitrogen and oxygen atoms in total. The highest BCUT2D eigenvalue weighted by molar-refractivity contribution is 7.89. The summed E-state index contributed by atoms with van der Waals surface area (Å²) < 4.78 is 22.6. The van der Waals surface area contributed by atoms with Gasteiger partial charge in [0, 0.05) is 11.8 Å². The fraction of sp³-hybridized carbons (Fsp3) is 0.118. The van der Waals surface area contributed by atoms with Gasteiger partial charge in [0.15, 0.2) is 0 Å². The molecule has 22 heavy (non-hydrogen) atoms.